The number of hydrogen-bond acceptors (Lipinski definition) is 5. The molecule has 0 unspecified atom stereocenters. The molecule has 1 amide bonds. The van der Waals surface area contributed by atoms with Crippen LogP contribution in [0.5, 0.6) is 0 Å². The summed E-state index contributed by atoms with van der Waals surface area (Å²) in [6.07, 6.45) is 0.946. The maximum absolute atomic E-state index is 12.7. The predicted octanol–water partition coefficient (Wildman–Crippen LogP) is 0.595. The molecular formula is C18H27N3O4S. The number of ether oxygens (including phenoxy) is 1. The Hall–Kier alpha value is -1.48. The highest BCUT2D eigenvalue weighted by Gasteiger charge is 2.38. The van der Waals surface area contributed by atoms with E-state index >= 15 is 0 Å². The monoisotopic (exact) mass is 381 g/mol. The molecule has 2 heterocycles. The normalized spacial score (nSPS) is 24.3. The van der Waals surface area contributed by atoms with E-state index in [0.29, 0.717) is 13.2 Å². The molecule has 0 radical (unpaired) electrons. The van der Waals surface area contributed by atoms with Crippen molar-refractivity contribution in [2.75, 3.05) is 39.3 Å². The number of nitrogens with zero attached hydrogens (tertiary/aromatic N) is 2. The molecule has 2 aliphatic heterocycles. The number of piperidine rings is 1. The molecule has 26 heavy (non-hydrogen) atoms. The van der Waals surface area contributed by atoms with Gasteiger partial charge >= 0.3 is 0 Å². The number of rotatable bonds is 5. The van der Waals surface area contributed by atoms with Gasteiger partial charge in [0.15, 0.2) is 0 Å². The van der Waals surface area contributed by atoms with Crippen LogP contribution < -0.4 is 4.72 Å². The third-order valence-corrected chi connectivity index (χ3v) is 6.60. The van der Waals surface area contributed by atoms with Gasteiger partial charge in [0, 0.05) is 19.6 Å². The van der Waals surface area contributed by atoms with Gasteiger partial charge in [-0.1, -0.05) is 24.6 Å². The summed E-state index contributed by atoms with van der Waals surface area (Å²) < 4.78 is 33.1. The first-order valence-corrected chi connectivity index (χ1v) is 10.6. The summed E-state index contributed by atoms with van der Waals surface area (Å²) in [4.78, 5) is 17.0. The Morgan fingerprint density at radius 3 is 2.69 bits per heavy atom. The van der Waals surface area contributed by atoms with E-state index in [1.54, 1.807) is 29.2 Å². The fourth-order valence-electron chi connectivity index (χ4n) is 3.59. The fraction of sp³-hybridized carbons (Fsp3) is 0.611. The summed E-state index contributed by atoms with van der Waals surface area (Å²) in [6, 6.07) is 6.57. The Bertz CT molecular complexity index is 735. The van der Waals surface area contributed by atoms with Crippen molar-refractivity contribution in [1.29, 1.82) is 0 Å². The summed E-state index contributed by atoms with van der Waals surface area (Å²) >= 11 is 0. The zero-order valence-corrected chi connectivity index (χ0v) is 16.2. The summed E-state index contributed by atoms with van der Waals surface area (Å²) in [6.45, 7) is 7.46. The predicted molar refractivity (Wildman–Crippen MR) is 98.3 cm³/mol. The first kappa shape index (κ1) is 19.3. The molecule has 0 aromatic heterocycles. The molecule has 1 N–H and O–H groups in total. The zero-order valence-electron chi connectivity index (χ0n) is 15.3. The number of amides is 1. The summed E-state index contributed by atoms with van der Waals surface area (Å²) in [5.74, 6) is -0.197. The molecule has 7 nitrogen and oxygen atoms in total. The number of sulfonamides is 1. The SMILES string of the molecule is CCN1CC[C@H]2OCCN(C(=O)CNS(=O)(=O)c3ccc(C)cc3)[C@H]2C1. The molecular weight excluding hydrogens is 354 g/mol. The van der Waals surface area contributed by atoms with E-state index < -0.39 is 10.0 Å². The second kappa shape index (κ2) is 8.04. The van der Waals surface area contributed by atoms with E-state index in [-0.39, 0.29) is 29.5 Å². The molecule has 2 saturated heterocycles. The van der Waals surface area contributed by atoms with Gasteiger partial charge < -0.3 is 14.5 Å². The lowest BCUT2D eigenvalue weighted by atomic mass is 9.98. The Labute approximate surface area is 155 Å². The summed E-state index contributed by atoms with van der Waals surface area (Å²) in [5, 5.41) is 0. The van der Waals surface area contributed by atoms with Gasteiger partial charge in [0.2, 0.25) is 15.9 Å². The number of morpholine rings is 1. The molecule has 1 aromatic carbocycles. The van der Waals surface area contributed by atoms with Crippen LogP contribution in [0.1, 0.15) is 18.9 Å². The van der Waals surface area contributed by atoms with Gasteiger partial charge in [0.05, 0.1) is 30.2 Å². The van der Waals surface area contributed by atoms with E-state index in [2.05, 4.69) is 16.5 Å². The number of likely N-dealkylation sites (tertiary alicyclic amines) is 1. The maximum Gasteiger partial charge on any atom is 0.241 e. The molecule has 2 aliphatic rings. The number of carbonyl (C=O) groups is 1. The molecule has 0 spiro atoms. The minimum atomic E-state index is -3.69. The van der Waals surface area contributed by atoms with E-state index in [9.17, 15) is 13.2 Å². The first-order chi connectivity index (χ1) is 12.4. The number of carbonyl (C=O) groups excluding carboxylic acids is 1. The maximum atomic E-state index is 12.7. The third-order valence-electron chi connectivity index (χ3n) is 5.18. The number of fused-ring (bicyclic) bond motifs is 1. The Kier molecular flexibility index (Phi) is 5.96. The van der Waals surface area contributed by atoms with Crippen molar-refractivity contribution in [2.24, 2.45) is 0 Å². The molecule has 0 bridgehead atoms. The van der Waals surface area contributed by atoms with Gasteiger partial charge in [-0.25, -0.2) is 13.1 Å². The van der Waals surface area contributed by atoms with Crippen LogP contribution in [-0.2, 0) is 19.6 Å². The lowest BCUT2D eigenvalue weighted by Crippen LogP contribution is -2.62. The Morgan fingerprint density at radius 1 is 1.27 bits per heavy atom. The molecule has 0 aliphatic carbocycles. The third kappa shape index (κ3) is 4.25. The molecule has 0 saturated carbocycles. The van der Waals surface area contributed by atoms with E-state index in [1.165, 1.54) is 0 Å². The standard InChI is InChI=1S/C18H27N3O4S/c1-3-20-9-8-17-16(13-20)21(10-11-25-17)18(22)12-19-26(23,24)15-6-4-14(2)5-7-15/h4-7,16-17,19H,3,8-13H2,1-2H3/t16-,17+/m0/s1. The average Bonchev–Trinajstić information content (AvgIpc) is 2.65. The van der Waals surface area contributed by atoms with Gasteiger partial charge in [0.1, 0.15) is 0 Å². The number of likely N-dealkylation sites (N-methyl/N-ethyl adjacent to an activating group) is 1. The minimum Gasteiger partial charge on any atom is -0.374 e. The van der Waals surface area contributed by atoms with Gasteiger partial charge in [0.25, 0.3) is 0 Å². The van der Waals surface area contributed by atoms with Crippen LogP contribution in [0.15, 0.2) is 29.2 Å². The minimum absolute atomic E-state index is 0.00571. The van der Waals surface area contributed by atoms with Gasteiger partial charge in [-0.2, -0.15) is 0 Å². The van der Waals surface area contributed by atoms with Crippen LogP contribution in [0.2, 0.25) is 0 Å². The van der Waals surface area contributed by atoms with Crippen molar-refractivity contribution in [3.63, 3.8) is 0 Å². The largest absolute Gasteiger partial charge is 0.374 e. The van der Waals surface area contributed by atoms with Crippen molar-refractivity contribution in [1.82, 2.24) is 14.5 Å². The highest BCUT2D eigenvalue weighted by Crippen LogP contribution is 2.23. The second-order valence-electron chi connectivity index (χ2n) is 6.88. The number of aryl methyl sites for hydroxylation is 1. The molecule has 2 fully saturated rings. The number of nitrogens with one attached hydrogen (secondary N) is 1. The smallest absolute Gasteiger partial charge is 0.241 e. The quantitative estimate of drug-likeness (QED) is 0.808. The first-order valence-electron chi connectivity index (χ1n) is 9.10. The van der Waals surface area contributed by atoms with Crippen molar-refractivity contribution < 1.29 is 17.9 Å². The van der Waals surface area contributed by atoms with Crippen molar-refractivity contribution >= 4 is 15.9 Å². The number of benzene rings is 1. The van der Waals surface area contributed by atoms with Crippen LogP contribution >= 0.6 is 0 Å². The van der Waals surface area contributed by atoms with Crippen LogP contribution in [-0.4, -0.2) is 75.6 Å². The van der Waals surface area contributed by atoms with E-state index in [0.717, 1.165) is 31.6 Å². The molecule has 2 atom stereocenters. The average molecular weight is 381 g/mol. The van der Waals surface area contributed by atoms with Gasteiger partial charge in [-0.15, -0.1) is 0 Å². The lowest BCUT2D eigenvalue weighted by Gasteiger charge is -2.46. The van der Waals surface area contributed by atoms with Crippen molar-refractivity contribution in [3.8, 4) is 0 Å². The van der Waals surface area contributed by atoms with Crippen LogP contribution in [0, 0.1) is 6.92 Å². The van der Waals surface area contributed by atoms with Crippen LogP contribution in [0.4, 0.5) is 0 Å². The fourth-order valence-corrected chi connectivity index (χ4v) is 4.57. The molecule has 144 valence electrons. The van der Waals surface area contributed by atoms with Crippen molar-refractivity contribution in [2.45, 2.75) is 37.3 Å². The lowest BCUT2D eigenvalue weighted by molar-refractivity contribution is -0.151. The summed E-state index contributed by atoms with van der Waals surface area (Å²) in [7, 11) is -3.69. The van der Waals surface area contributed by atoms with E-state index in [1.807, 2.05) is 6.92 Å². The van der Waals surface area contributed by atoms with E-state index in [4.69, 9.17) is 4.74 Å². The molecule has 3 rings (SSSR count). The van der Waals surface area contributed by atoms with Gasteiger partial charge in [-0.05, 0) is 32.0 Å². The highest BCUT2D eigenvalue weighted by molar-refractivity contribution is 7.89. The van der Waals surface area contributed by atoms with Gasteiger partial charge in [-0.3, -0.25) is 4.79 Å². The Balaban J connectivity index is 1.64. The number of hydrogen-bond donors (Lipinski definition) is 1. The summed E-state index contributed by atoms with van der Waals surface area (Å²) in [5.41, 5.74) is 0.983. The zero-order chi connectivity index (χ0) is 18.7. The highest BCUT2D eigenvalue weighted by atomic mass is 32.2. The second-order valence-corrected chi connectivity index (χ2v) is 8.65. The molecule has 8 heteroatoms. The van der Waals surface area contributed by atoms with Crippen molar-refractivity contribution in [3.05, 3.63) is 29.8 Å². The van der Waals surface area contributed by atoms with Crippen LogP contribution in [0.25, 0.3) is 0 Å². The van der Waals surface area contributed by atoms with Crippen LogP contribution in [0.3, 0.4) is 0 Å². The molecule has 1 aromatic rings. The Morgan fingerprint density at radius 2 is 2.00 bits per heavy atom. The topological polar surface area (TPSA) is 79.0 Å².